The minimum Gasteiger partial charge on any atom is -0.462 e. The van der Waals surface area contributed by atoms with Gasteiger partial charge in [-0.05, 0) is 105 Å². The molecule has 0 amide bonds. The van der Waals surface area contributed by atoms with Gasteiger partial charge in [-0.3, -0.25) is 4.79 Å². The Morgan fingerprint density at radius 1 is 1.09 bits per heavy atom. The molecule has 35 heavy (non-hydrogen) atoms. The van der Waals surface area contributed by atoms with Crippen LogP contribution >= 0.6 is 0 Å². The highest BCUT2D eigenvalue weighted by Gasteiger charge is 2.65. The second kappa shape index (κ2) is 9.03. The van der Waals surface area contributed by atoms with Gasteiger partial charge in [-0.15, -0.1) is 0 Å². The van der Waals surface area contributed by atoms with Gasteiger partial charge >= 0.3 is 5.97 Å². The van der Waals surface area contributed by atoms with E-state index in [1.165, 1.54) is 25.7 Å². The molecule has 0 aromatic carbocycles. The summed E-state index contributed by atoms with van der Waals surface area (Å²) >= 11 is 0. The number of carbonyl (C=O) groups excluding carboxylic acids is 1. The summed E-state index contributed by atoms with van der Waals surface area (Å²) in [6.07, 6.45) is 12.7. The van der Waals surface area contributed by atoms with Crippen LogP contribution in [0, 0.1) is 45.3 Å². The highest BCUT2D eigenvalue weighted by atomic mass is 16.5. The molecule has 3 heteroatoms. The molecule has 198 valence electrons. The van der Waals surface area contributed by atoms with E-state index in [-0.39, 0.29) is 34.4 Å². The molecular formula is C32H52O3. The van der Waals surface area contributed by atoms with Gasteiger partial charge in [-0.1, -0.05) is 65.3 Å². The Morgan fingerprint density at radius 3 is 2.40 bits per heavy atom. The number of carbonyl (C=O) groups is 1. The van der Waals surface area contributed by atoms with Crippen LogP contribution in [0.1, 0.15) is 113 Å². The van der Waals surface area contributed by atoms with E-state index in [1.54, 1.807) is 12.5 Å². The Hall–Kier alpha value is -1.09. The maximum absolute atomic E-state index is 11.8. The molecule has 4 aliphatic rings. The van der Waals surface area contributed by atoms with E-state index < -0.39 is 0 Å². The lowest BCUT2D eigenvalue weighted by atomic mass is 9.41. The minimum atomic E-state index is -0.364. The average molecular weight is 485 g/mol. The summed E-state index contributed by atoms with van der Waals surface area (Å²) in [4.78, 5) is 11.8. The number of hydrogen-bond donors (Lipinski definition) is 1. The molecule has 9 atom stereocenters. The van der Waals surface area contributed by atoms with Gasteiger partial charge in [0.2, 0.25) is 0 Å². The third-order valence-electron chi connectivity index (χ3n) is 12.3. The van der Waals surface area contributed by atoms with E-state index in [1.807, 2.05) is 6.92 Å². The van der Waals surface area contributed by atoms with Gasteiger partial charge in [0.1, 0.15) is 6.10 Å². The predicted octanol–water partition coefficient (Wildman–Crippen LogP) is 7.88. The molecule has 0 bridgehead atoms. The van der Waals surface area contributed by atoms with E-state index in [4.69, 9.17) is 4.74 Å². The quantitative estimate of drug-likeness (QED) is 0.308. The van der Waals surface area contributed by atoms with Crippen LogP contribution in [-0.4, -0.2) is 23.3 Å². The van der Waals surface area contributed by atoms with Crippen molar-refractivity contribution in [3.8, 4) is 0 Å². The smallest absolute Gasteiger partial charge is 0.302 e. The fourth-order valence-corrected chi connectivity index (χ4v) is 9.92. The molecule has 3 fully saturated rings. The van der Waals surface area contributed by atoms with Gasteiger partial charge in [0, 0.05) is 12.3 Å². The van der Waals surface area contributed by atoms with Crippen LogP contribution < -0.4 is 0 Å². The summed E-state index contributed by atoms with van der Waals surface area (Å²) in [6.45, 7) is 22.4. The number of aliphatic hydroxyl groups excluding tert-OH is 1. The highest BCUT2D eigenvalue weighted by molar-refractivity contribution is 5.66. The molecule has 3 saturated carbocycles. The van der Waals surface area contributed by atoms with Crippen molar-refractivity contribution in [1.82, 2.24) is 0 Å². The number of fused-ring (bicyclic) bond motifs is 5. The Kier molecular flexibility index (Phi) is 6.96. The van der Waals surface area contributed by atoms with E-state index in [9.17, 15) is 9.90 Å². The van der Waals surface area contributed by atoms with Gasteiger partial charge in [0.25, 0.3) is 0 Å². The maximum Gasteiger partial charge on any atom is 0.302 e. The first-order valence-electron chi connectivity index (χ1n) is 14.4. The molecule has 0 aromatic heterocycles. The lowest BCUT2D eigenvalue weighted by molar-refractivity contribution is -0.174. The number of rotatable bonds is 6. The summed E-state index contributed by atoms with van der Waals surface area (Å²) in [6, 6.07) is 0. The molecule has 1 N–H and O–H groups in total. The molecular weight excluding hydrogens is 432 g/mol. The van der Waals surface area contributed by atoms with Gasteiger partial charge in [-0.2, -0.15) is 0 Å². The normalized spacial score (nSPS) is 43.7. The molecule has 0 spiro atoms. The first-order valence-corrected chi connectivity index (χ1v) is 14.4. The second-order valence-corrected chi connectivity index (χ2v) is 14.3. The molecule has 0 heterocycles. The van der Waals surface area contributed by atoms with Crippen molar-refractivity contribution in [1.29, 1.82) is 0 Å². The zero-order valence-corrected chi connectivity index (χ0v) is 23.9. The molecule has 3 nitrogen and oxygen atoms in total. The standard InChI is InChI=1S/C32H52O3/c1-20(2)26(34)12-10-21(3)23-14-18-32(9)25-11-13-27-29(5,6)28(35-22(4)33)16-17-30(27,7)24(25)15-19-31(23,32)8/h11,21,23-24,26-28,34H,1,10,12-19H2,2-9H3/t21-,23-,24-,26+,27-,28-,30+,31-,32+/m1/s1. The Bertz CT molecular complexity index is 885. The van der Waals surface area contributed by atoms with Gasteiger partial charge in [0.15, 0.2) is 0 Å². The monoisotopic (exact) mass is 484 g/mol. The van der Waals surface area contributed by atoms with Gasteiger partial charge in [-0.25, -0.2) is 0 Å². The van der Waals surface area contributed by atoms with E-state index in [2.05, 4.69) is 54.2 Å². The van der Waals surface area contributed by atoms with Gasteiger partial charge in [0.05, 0.1) is 6.10 Å². The van der Waals surface area contributed by atoms with E-state index in [0.717, 1.165) is 37.7 Å². The number of hydrogen-bond acceptors (Lipinski definition) is 3. The maximum atomic E-state index is 11.8. The summed E-state index contributed by atoms with van der Waals surface area (Å²) in [5, 5.41) is 10.3. The van der Waals surface area contributed by atoms with Crippen LogP contribution in [-0.2, 0) is 9.53 Å². The van der Waals surface area contributed by atoms with Crippen molar-refractivity contribution < 1.29 is 14.6 Å². The zero-order chi connectivity index (χ0) is 26.0. The third-order valence-corrected chi connectivity index (χ3v) is 12.3. The first-order chi connectivity index (χ1) is 16.2. The van der Waals surface area contributed by atoms with Crippen LogP contribution in [0.3, 0.4) is 0 Å². The van der Waals surface area contributed by atoms with Gasteiger partial charge < -0.3 is 9.84 Å². The summed E-state index contributed by atoms with van der Waals surface area (Å²) in [5.74, 6) is 2.40. The SMILES string of the molecule is C=C(C)[C@@H](O)CC[C@@H](C)[C@H]1CC[C@@]2(C)C3=CC[C@@H]4C(C)(C)[C@H](OC(C)=O)CC[C@@]4(C)[C@@H]3CC[C@]12C. The molecule has 0 saturated heterocycles. The fourth-order valence-electron chi connectivity index (χ4n) is 9.92. The molecule has 0 unspecified atom stereocenters. The van der Waals surface area contributed by atoms with E-state index >= 15 is 0 Å². The number of esters is 1. The molecule has 0 radical (unpaired) electrons. The van der Waals surface area contributed by atoms with Crippen LogP contribution in [0.5, 0.6) is 0 Å². The number of aliphatic hydroxyl groups is 1. The topological polar surface area (TPSA) is 46.5 Å². The largest absolute Gasteiger partial charge is 0.462 e. The molecule has 4 rings (SSSR count). The second-order valence-electron chi connectivity index (χ2n) is 14.3. The number of allylic oxidation sites excluding steroid dienone is 2. The first kappa shape index (κ1) is 27.0. The molecule has 4 aliphatic carbocycles. The van der Waals surface area contributed by atoms with Crippen molar-refractivity contribution in [2.24, 2.45) is 45.3 Å². The Labute approximate surface area is 215 Å². The Balaban J connectivity index is 1.59. The average Bonchev–Trinajstić information content (AvgIpc) is 3.05. The van der Waals surface area contributed by atoms with Crippen molar-refractivity contribution >= 4 is 5.97 Å². The van der Waals surface area contributed by atoms with Crippen molar-refractivity contribution in [2.75, 3.05) is 0 Å². The van der Waals surface area contributed by atoms with E-state index in [0.29, 0.717) is 29.1 Å². The summed E-state index contributed by atoms with van der Waals surface area (Å²) < 4.78 is 5.85. The van der Waals surface area contributed by atoms with Crippen molar-refractivity contribution in [2.45, 2.75) is 125 Å². The van der Waals surface area contributed by atoms with Crippen LogP contribution in [0.2, 0.25) is 0 Å². The molecule has 0 aromatic rings. The lowest BCUT2D eigenvalue weighted by Gasteiger charge is -2.64. The van der Waals surface area contributed by atoms with Crippen molar-refractivity contribution in [3.63, 3.8) is 0 Å². The van der Waals surface area contributed by atoms with Crippen LogP contribution in [0.25, 0.3) is 0 Å². The predicted molar refractivity (Wildman–Crippen MR) is 144 cm³/mol. The summed E-state index contributed by atoms with van der Waals surface area (Å²) in [7, 11) is 0. The molecule has 0 aliphatic heterocycles. The highest BCUT2D eigenvalue weighted by Crippen LogP contribution is 2.73. The Morgan fingerprint density at radius 2 is 1.77 bits per heavy atom. The third kappa shape index (κ3) is 4.07. The lowest BCUT2D eigenvalue weighted by Crippen LogP contribution is -2.58. The zero-order valence-electron chi connectivity index (χ0n) is 23.9. The van der Waals surface area contributed by atoms with Crippen LogP contribution in [0.4, 0.5) is 0 Å². The minimum absolute atomic E-state index is 0.000794. The summed E-state index contributed by atoms with van der Waals surface area (Å²) in [5.41, 5.74) is 3.54. The fraction of sp³-hybridized carbons (Fsp3) is 0.844. The number of ether oxygens (including phenoxy) is 1. The van der Waals surface area contributed by atoms with Crippen molar-refractivity contribution in [3.05, 3.63) is 23.8 Å². The van der Waals surface area contributed by atoms with Crippen LogP contribution in [0.15, 0.2) is 23.8 Å².